The Morgan fingerprint density at radius 1 is 1.06 bits per heavy atom. The van der Waals surface area contributed by atoms with Crippen LogP contribution in [0.5, 0.6) is 0 Å². The zero-order valence-corrected chi connectivity index (χ0v) is 17.1. The van der Waals surface area contributed by atoms with Crippen LogP contribution in [0.4, 0.5) is 8.78 Å². The first-order valence-corrected chi connectivity index (χ1v) is 10.5. The zero-order chi connectivity index (χ0) is 21.4. The fraction of sp³-hybridized carbons (Fsp3) is 0.391. The maximum atomic E-state index is 13.7. The normalized spacial score (nSPS) is 28.6. The van der Waals surface area contributed by atoms with E-state index in [1.54, 1.807) is 11.0 Å². The second kappa shape index (κ2) is 6.18. The van der Waals surface area contributed by atoms with Crippen LogP contribution >= 0.6 is 0 Å². The van der Waals surface area contributed by atoms with Gasteiger partial charge in [0, 0.05) is 18.7 Å². The van der Waals surface area contributed by atoms with Crippen molar-refractivity contribution in [1.29, 1.82) is 0 Å². The third kappa shape index (κ3) is 2.80. The molecule has 1 amide bonds. The molecule has 0 spiro atoms. The van der Waals surface area contributed by atoms with Crippen molar-refractivity contribution in [3.63, 3.8) is 0 Å². The second-order valence-corrected chi connectivity index (χ2v) is 9.44. The Balaban J connectivity index is 1.17. The van der Waals surface area contributed by atoms with Crippen LogP contribution in [0.2, 0.25) is 0 Å². The van der Waals surface area contributed by atoms with Crippen molar-refractivity contribution in [3.05, 3.63) is 59.2 Å². The molecule has 3 aromatic rings. The first-order chi connectivity index (χ1) is 14.8. The number of hydrogen-bond acceptors (Lipinski definition) is 4. The van der Waals surface area contributed by atoms with E-state index in [2.05, 4.69) is 15.3 Å². The quantitative estimate of drug-likeness (QED) is 0.636. The van der Waals surface area contributed by atoms with E-state index in [0.29, 0.717) is 18.5 Å². The summed E-state index contributed by atoms with van der Waals surface area (Å²) in [6.45, 7) is 2.72. The van der Waals surface area contributed by atoms with E-state index in [1.807, 2.05) is 25.1 Å². The predicted molar refractivity (Wildman–Crippen MR) is 110 cm³/mol. The topological polar surface area (TPSA) is 63.4 Å². The van der Waals surface area contributed by atoms with Gasteiger partial charge in [-0.25, -0.2) is 13.8 Å². The van der Waals surface area contributed by atoms with Crippen molar-refractivity contribution in [3.8, 4) is 0 Å². The van der Waals surface area contributed by atoms with Gasteiger partial charge < -0.3 is 0 Å². The smallest absolute Gasteiger partial charge is 0.249 e. The lowest BCUT2D eigenvalue weighted by Crippen LogP contribution is -2.68. The fourth-order valence-electron chi connectivity index (χ4n) is 5.73. The Morgan fingerprint density at radius 2 is 1.77 bits per heavy atom. The number of hydrogen-bond donors (Lipinski definition) is 0. The summed E-state index contributed by atoms with van der Waals surface area (Å²) in [5.41, 5.74) is 2.97. The number of carbonyl (C=O) groups is 1. The standard InChI is InChI=1S/C23H21F2N5O/c1-14-2-3-18-19(6-14)28-29(27-18)13-22-10-23(11-22,12-22)21(31)30-20(4-5-26-30)15-7-16(24)9-17(25)8-15/h2-3,5-9,20H,4,10-13H2,1H3. The van der Waals surface area contributed by atoms with Gasteiger partial charge in [0.15, 0.2) is 0 Å². The molecule has 1 unspecified atom stereocenters. The largest absolute Gasteiger partial charge is 0.272 e. The SMILES string of the molecule is Cc1ccc2nn(CC34CC(C(=O)N5N=CCC5c5cc(F)cc(F)c5)(C3)C4)nc2c1. The summed E-state index contributed by atoms with van der Waals surface area (Å²) in [6.07, 6.45) is 4.41. The molecule has 1 atom stereocenters. The molecule has 0 N–H and O–H groups in total. The number of amides is 1. The van der Waals surface area contributed by atoms with Crippen LogP contribution < -0.4 is 0 Å². The van der Waals surface area contributed by atoms with Crippen molar-refractivity contribution in [2.24, 2.45) is 15.9 Å². The van der Waals surface area contributed by atoms with Crippen molar-refractivity contribution >= 4 is 23.2 Å². The van der Waals surface area contributed by atoms with Gasteiger partial charge in [-0.3, -0.25) is 4.79 Å². The first kappa shape index (κ1) is 18.6. The number of aryl methyl sites for hydroxylation is 1. The first-order valence-electron chi connectivity index (χ1n) is 10.5. The summed E-state index contributed by atoms with van der Waals surface area (Å²) in [5, 5.41) is 14.9. The van der Waals surface area contributed by atoms with Crippen molar-refractivity contribution < 1.29 is 13.6 Å². The maximum Gasteiger partial charge on any atom is 0.249 e. The highest BCUT2D eigenvalue weighted by molar-refractivity contribution is 5.88. The summed E-state index contributed by atoms with van der Waals surface area (Å²) in [7, 11) is 0. The third-order valence-electron chi connectivity index (χ3n) is 6.96. The second-order valence-electron chi connectivity index (χ2n) is 9.44. The summed E-state index contributed by atoms with van der Waals surface area (Å²) in [4.78, 5) is 15.1. The number of fused-ring (bicyclic) bond motifs is 1. The van der Waals surface area contributed by atoms with Crippen LogP contribution in [0, 0.1) is 29.4 Å². The molecule has 0 radical (unpaired) electrons. The highest BCUT2D eigenvalue weighted by atomic mass is 19.1. The van der Waals surface area contributed by atoms with Gasteiger partial charge in [0.2, 0.25) is 5.91 Å². The van der Waals surface area contributed by atoms with Gasteiger partial charge in [0.25, 0.3) is 0 Å². The van der Waals surface area contributed by atoms with Crippen LogP contribution in [0.15, 0.2) is 41.5 Å². The minimum atomic E-state index is -0.645. The number of benzene rings is 2. The molecule has 7 rings (SSSR count). The van der Waals surface area contributed by atoms with E-state index < -0.39 is 23.1 Å². The van der Waals surface area contributed by atoms with Crippen molar-refractivity contribution in [1.82, 2.24) is 20.0 Å². The number of carbonyl (C=O) groups excluding carboxylic acids is 1. The van der Waals surface area contributed by atoms with Gasteiger partial charge >= 0.3 is 0 Å². The van der Waals surface area contributed by atoms with Crippen molar-refractivity contribution in [2.75, 3.05) is 0 Å². The molecule has 0 saturated heterocycles. The van der Waals surface area contributed by atoms with E-state index in [1.165, 1.54) is 17.1 Å². The summed E-state index contributed by atoms with van der Waals surface area (Å²) < 4.78 is 27.4. The molecule has 2 heterocycles. The van der Waals surface area contributed by atoms with Crippen LogP contribution in [0.25, 0.3) is 11.0 Å². The number of rotatable bonds is 4. The number of nitrogens with zero attached hydrogens (tertiary/aromatic N) is 5. The molecule has 8 heteroatoms. The summed E-state index contributed by atoms with van der Waals surface area (Å²) >= 11 is 0. The Hall–Kier alpha value is -3.16. The molecule has 3 saturated carbocycles. The number of hydrazone groups is 1. The average molecular weight is 421 g/mol. The summed E-state index contributed by atoms with van der Waals surface area (Å²) in [6, 6.07) is 8.96. The highest BCUT2D eigenvalue weighted by Crippen LogP contribution is 2.74. The Bertz CT molecular complexity index is 1230. The Kier molecular flexibility index (Phi) is 3.71. The fourth-order valence-corrected chi connectivity index (χ4v) is 5.73. The maximum absolute atomic E-state index is 13.7. The van der Waals surface area contributed by atoms with Gasteiger partial charge in [-0.2, -0.15) is 20.1 Å². The minimum absolute atomic E-state index is 0.0453. The van der Waals surface area contributed by atoms with E-state index in [4.69, 9.17) is 0 Å². The van der Waals surface area contributed by atoms with Gasteiger partial charge in [0.1, 0.15) is 22.7 Å². The van der Waals surface area contributed by atoms with Gasteiger partial charge in [0.05, 0.1) is 18.0 Å². The lowest BCUT2D eigenvalue weighted by Gasteiger charge is -2.69. The van der Waals surface area contributed by atoms with E-state index in [-0.39, 0.29) is 11.3 Å². The van der Waals surface area contributed by atoms with Crippen molar-refractivity contribution in [2.45, 2.75) is 45.2 Å². The van der Waals surface area contributed by atoms with Gasteiger partial charge in [-0.15, -0.1) is 0 Å². The molecule has 2 aromatic carbocycles. The molecule has 3 fully saturated rings. The molecule has 31 heavy (non-hydrogen) atoms. The van der Waals surface area contributed by atoms with Crippen LogP contribution in [0.1, 0.15) is 42.9 Å². The average Bonchev–Trinajstić information content (AvgIpc) is 3.28. The van der Waals surface area contributed by atoms with Gasteiger partial charge in [-0.05, 0) is 67.0 Å². The molecular weight excluding hydrogens is 400 g/mol. The minimum Gasteiger partial charge on any atom is -0.272 e. The van der Waals surface area contributed by atoms with E-state index >= 15 is 0 Å². The van der Waals surface area contributed by atoms with Crippen LogP contribution in [-0.4, -0.2) is 32.1 Å². The van der Waals surface area contributed by atoms with Gasteiger partial charge in [-0.1, -0.05) is 6.07 Å². The predicted octanol–water partition coefficient (Wildman–Crippen LogP) is 4.15. The van der Waals surface area contributed by atoms with Crippen LogP contribution in [0.3, 0.4) is 0 Å². The summed E-state index contributed by atoms with van der Waals surface area (Å²) in [5.74, 6) is -1.34. The monoisotopic (exact) mass is 421 g/mol. The number of halogens is 2. The molecule has 1 aromatic heterocycles. The third-order valence-corrected chi connectivity index (χ3v) is 6.96. The Morgan fingerprint density at radius 3 is 2.52 bits per heavy atom. The zero-order valence-electron chi connectivity index (χ0n) is 17.1. The molecule has 4 aliphatic rings. The van der Waals surface area contributed by atoms with E-state index in [9.17, 15) is 13.6 Å². The van der Waals surface area contributed by atoms with E-state index in [0.717, 1.165) is 41.9 Å². The Labute approximate surface area is 177 Å². The lowest BCUT2D eigenvalue weighted by atomic mass is 9.34. The lowest BCUT2D eigenvalue weighted by molar-refractivity contribution is -0.224. The molecule has 1 aliphatic heterocycles. The highest BCUT2D eigenvalue weighted by Gasteiger charge is 2.72. The molecule has 3 aliphatic carbocycles. The molecule has 2 bridgehead atoms. The van der Waals surface area contributed by atoms with Crippen LogP contribution in [-0.2, 0) is 11.3 Å². The molecular formula is C23H21F2N5O. The number of aromatic nitrogens is 3. The molecule has 158 valence electrons. The molecule has 6 nitrogen and oxygen atoms in total.